The summed E-state index contributed by atoms with van der Waals surface area (Å²) < 4.78 is 4.73. The van der Waals surface area contributed by atoms with Gasteiger partial charge < -0.3 is 10.1 Å². The van der Waals surface area contributed by atoms with E-state index >= 15 is 0 Å². The molecule has 1 N–H and O–H groups in total. The van der Waals surface area contributed by atoms with Crippen molar-refractivity contribution < 1.29 is 9.53 Å². The quantitative estimate of drug-likeness (QED) is 0.403. The standard InChI is InChI=1S/C11H17NO2/c1-3-4-5-8-12-10(9-6-7-9)11(13)14-2/h9-10,12H,5-8H2,1-2H3. The molecule has 0 aliphatic heterocycles. The first kappa shape index (κ1) is 11.1. The van der Waals surface area contributed by atoms with Gasteiger partial charge in [-0.3, -0.25) is 4.79 Å². The van der Waals surface area contributed by atoms with Crippen molar-refractivity contribution in [3.05, 3.63) is 0 Å². The smallest absolute Gasteiger partial charge is 0.323 e. The molecule has 1 rings (SSSR count). The van der Waals surface area contributed by atoms with Crippen LogP contribution in [0.2, 0.25) is 0 Å². The Morgan fingerprint density at radius 3 is 2.86 bits per heavy atom. The third-order valence-corrected chi connectivity index (χ3v) is 2.34. The van der Waals surface area contributed by atoms with Crippen LogP contribution in [0.4, 0.5) is 0 Å². The zero-order chi connectivity index (χ0) is 10.4. The van der Waals surface area contributed by atoms with Crippen LogP contribution in [-0.4, -0.2) is 25.7 Å². The summed E-state index contributed by atoms with van der Waals surface area (Å²) in [4.78, 5) is 11.3. The minimum Gasteiger partial charge on any atom is -0.468 e. The third-order valence-electron chi connectivity index (χ3n) is 2.34. The highest BCUT2D eigenvalue weighted by Gasteiger charge is 2.36. The van der Waals surface area contributed by atoms with Crippen molar-refractivity contribution in [3.63, 3.8) is 0 Å². The lowest BCUT2D eigenvalue weighted by Gasteiger charge is -2.14. The Balaban J connectivity index is 2.27. The second-order valence-corrected chi connectivity index (χ2v) is 3.47. The molecule has 0 aromatic rings. The molecule has 1 saturated carbocycles. The number of esters is 1. The highest BCUT2D eigenvalue weighted by molar-refractivity contribution is 5.76. The fourth-order valence-corrected chi connectivity index (χ4v) is 1.41. The minimum absolute atomic E-state index is 0.112. The Morgan fingerprint density at radius 2 is 2.36 bits per heavy atom. The van der Waals surface area contributed by atoms with Gasteiger partial charge in [0, 0.05) is 13.0 Å². The molecule has 1 aliphatic carbocycles. The monoisotopic (exact) mass is 195 g/mol. The van der Waals surface area contributed by atoms with Gasteiger partial charge in [0.2, 0.25) is 0 Å². The highest BCUT2D eigenvalue weighted by atomic mass is 16.5. The van der Waals surface area contributed by atoms with Crippen LogP contribution in [-0.2, 0) is 9.53 Å². The number of rotatable bonds is 5. The summed E-state index contributed by atoms with van der Waals surface area (Å²) in [5.74, 6) is 6.12. The van der Waals surface area contributed by atoms with Crippen LogP contribution in [0.15, 0.2) is 0 Å². The lowest BCUT2D eigenvalue weighted by molar-refractivity contribution is -0.143. The maximum absolute atomic E-state index is 11.3. The van der Waals surface area contributed by atoms with Crippen LogP contribution in [0, 0.1) is 17.8 Å². The Kier molecular flexibility index (Phi) is 4.48. The summed E-state index contributed by atoms with van der Waals surface area (Å²) in [6, 6.07) is -0.112. The van der Waals surface area contributed by atoms with Gasteiger partial charge in [0.25, 0.3) is 0 Å². The van der Waals surface area contributed by atoms with E-state index in [1.54, 1.807) is 0 Å². The third kappa shape index (κ3) is 3.39. The van der Waals surface area contributed by atoms with Crippen molar-refractivity contribution in [2.45, 2.75) is 32.2 Å². The summed E-state index contributed by atoms with van der Waals surface area (Å²) in [6.07, 6.45) is 3.05. The number of hydrogen-bond donors (Lipinski definition) is 1. The van der Waals surface area contributed by atoms with Gasteiger partial charge in [-0.05, 0) is 25.7 Å². The molecule has 1 aliphatic rings. The SMILES string of the molecule is CC#CCCNC(C(=O)OC)C1CC1. The summed E-state index contributed by atoms with van der Waals surface area (Å²) >= 11 is 0. The van der Waals surface area contributed by atoms with Crippen molar-refractivity contribution in [1.29, 1.82) is 0 Å². The molecule has 0 aromatic carbocycles. The Bertz CT molecular complexity index is 248. The predicted molar refractivity (Wildman–Crippen MR) is 54.6 cm³/mol. The Hall–Kier alpha value is -1.01. The van der Waals surface area contributed by atoms with Gasteiger partial charge in [0.1, 0.15) is 6.04 Å². The molecular formula is C11H17NO2. The van der Waals surface area contributed by atoms with Gasteiger partial charge in [-0.2, -0.15) is 0 Å². The van der Waals surface area contributed by atoms with E-state index in [2.05, 4.69) is 17.2 Å². The average Bonchev–Trinajstić information content (AvgIpc) is 3.01. The van der Waals surface area contributed by atoms with Crippen LogP contribution >= 0.6 is 0 Å². The molecule has 14 heavy (non-hydrogen) atoms. The van der Waals surface area contributed by atoms with Gasteiger partial charge in [-0.1, -0.05) is 0 Å². The molecule has 0 saturated heterocycles. The fourth-order valence-electron chi connectivity index (χ4n) is 1.41. The molecule has 3 heteroatoms. The molecule has 0 spiro atoms. The van der Waals surface area contributed by atoms with E-state index in [1.165, 1.54) is 7.11 Å². The molecule has 0 aromatic heterocycles. The number of carbonyl (C=O) groups excluding carboxylic acids is 1. The molecule has 0 radical (unpaired) electrons. The number of hydrogen-bond acceptors (Lipinski definition) is 3. The topological polar surface area (TPSA) is 38.3 Å². The van der Waals surface area contributed by atoms with E-state index in [0.717, 1.165) is 25.8 Å². The summed E-state index contributed by atoms with van der Waals surface area (Å²) in [6.45, 7) is 2.58. The maximum atomic E-state index is 11.3. The van der Waals surface area contributed by atoms with Crippen molar-refractivity contribution in [2.24, 2.45) is 5.92 Å². The summed E-state index contributed by atoms with van der Waals surface area (Å²) in [5, 5.41) is 3.19. The molecule has 1 unspecified atom stereocenters. The fraction of sp³-hybridized carbons (Fsp3) is 0.727. The second-order valence-electron chi connectivity index (χ2n) is 3.47. The van der Waals surface area contributed by atoms with Crippen molar-refractivity contribution in [1.82, 2.24) is 5.32 Å². The largest absolute Gasteiger partial charge is 0.468 e. The van der Waals surface area contributed by atoms with Crippen molar-refractivity contribution >= 4 is 5.97 Å². The number of nitrogens with one attached hydrogen (secondary N) is 1. The lowest BCUT2D eigenvalue weighted by atomic mass is 10.2. The van der Waals surface area contributed by atoms with E-state index in [1.807, 2.05) is 6.92 Å². The van der Waals surface area contributed by atoms with E-state index in [4.69, 9.17) is 4.74 Å². The highest BCUT2D eigenvalue weighted by Crippen LogP contribution is 2.33. The van der Waals surface area contributed by atoms with Gasteiger partial charge in [0.05, 0.1) is 7.11 Å². The molecular weight excluding hydrogens is 178 g/mol. The van der Waals surface area contributed by atoms with E-state index in [9.17, 15) is 4.79 Å². The van der Waals surface area contributed by atoms with Gasteiger partial charge in [0.15, 0.2) is 0 Å². The molecule has 1 atom stereocenters. The number of methoxy groups -OCH3 is 1. The van der Waals surface area contributed by atoms with Crippen LogP contribution in [0.25, 0.3) is 0 Å². The van der Waals surface area contributed by atoms with Crippen LogP contribution in [0.1, 0.15) is 26.2 Å². The molecule has 0 amide bonds. The first-order chi connectivity index (χ1) is 6.79. The molecule has 0 bridgehead atoms. The van der Waals surface area contributed by atoms with Gasteiger partial charge >= 0.3 is 5.97 Å². The summed E-state index contributed by atoms with van der Waals surface area (Å²) in [5.41, 5.74) is 0. The lowest BCUT2D eigenvalue weighted by Crippen LogP contribution is -2.39. The van der Waals surface area contributed by atoms with Crippen LogP contribution in [0.5, 0.6) is 0 Å². The van der Waals surface area contributed by atoms with Crippen molar-refractivity contribution in [3.8, 4) is 11.8 Å². The zero-order valence-electron chi connectivity index (χ0n) is 8.80. The van der Waals surface area contributed by atoms with Gasteiger partial charge in [-0.25, -0.2) is 0 Å². The molecule has 78 valence electrons. The normalized spacial score (nSPS) is 16.7. The van der Waals surface area contributed by atoms with E-state index in [0.29, 0.717) is 5.92 Å². The van der Waals surface area contributed by atoms with Crippen molar-refractivity contribution in [2.75, 3.05) is 13.7 Å². The van der Waals surface area contributed by atoms with E-state index in [-0.39, 0.29) is 12.0 Å². The average molecular weight is 195 g/mol. The Labute approximate surface area is 85.2 Å². The maximum Gasteiger partial charge on any atom is 0.323 e. The first-order valence-electron chi connectivity index (χ1n) is 5.00. The number of ether oxygens (including phenoxy) is 1. The number of carbonyl (C=O) groups is 1. The van der Waals surface area contributed by atoms with Gasteiger partial charge in [-0.15, -0.1) is 11.8 Å². The minimum atomic E-state index is -0.142. The van der Waals surface area contributed by atoms with Crippen LogP contribution < -0.4 is 5.32 Å². The predicted octanol–water partition coefficient (Wildman–Crippen LogP) is 0.941. The van der Waals surface area contributed by atoms with Crippen LogP contribution in [0.3, 0.4) is 0 Å². The molecule has 1 fully saturated rings. The first-order valence-corrected chi connectivity index (χ1v) is 5.00. The molecule has 0 heterocycles. The molecule has 3 nitrogen and oxygen atoms in total. The second kappa shape index (κ2) is 5.66. The van der Waals surface area contributed by atoms with E-state index < -0.39 is 0 Å². The zero-order valence-corrected chi connectivity index (χ0v) is 8.80. The Morgan fingerprint density at radius 1 is 1.64 bits per heavy atom. The summed E-state index contributed by atoms with van der Waals surface area (Å²) in [7, 11) is 1.44.